The zero-order valence-electron chi connectivity index (χ0n) is 13.5. The van der Waals surface area contributed by atoms with Gasteiger partial charge in [-0.25, -0.2) is 9.78 Å². The number of thiazole rings is 1. The molecule has 0 radical (unpaired) electrons. The highest BCUT2D eigenvalue weighted by Crippen LogP contribution is 2.30. The van der Waals surface area contributed by atoms with Crippen LogP contribution in [0, 0.1) is 6.92 Å². The summed E-state index contributed by atoms with van der Waals surface area (Å²) < 4.78 is 5.35. The number of hydrogen-bond acceptors (Lipinski definition) is 5. The quantitative estimate of drug-likeness (QED) is 0.900. The van der Waals surface area contributed by atoms with Crippen molar-refractivity contribution < 1.29 is 19.4 Å². The van der Waals surface area contributed by atoms with Crippen molar-refractivity contribution in [3.8, 4) is 0 Å². The maximum atomic E-state index is 12.7. The molecule has 1 aliphatic rings. The summed E-state index contributed by atoms with van der Waals surface area (Å²) in [6.07, 6.45) is -1.27. The molecule has 0 bridgehead atoms. The van der Waals surface area contributed by atoms with Gasteiger partial charge in [0.2, 0.25) is 0 Å². The smallest absolute Gasteiger partial charge is 0.334 e. The highest BCUT2D eigenvalue weighted by molar-refractivity contribution is 7.14. The number of aromatic nitrogens is 1. The van der Waals surface area contributed by atoms with E-state index in [0.717, 1.165) is 5.01 Å². The van der Waals surface area contributed by atoms with Crippen LogP contribution in [0.2, 0.25) is 0 Å². The molecule has 0 spiro atoms. The Hall–Kier alpha value is -1.47. The Morgan fingerprint density at radius 3 is 2.50 bits per heavy atom. The molecule has 1 aromatic heterocycles. The Kier molecular flexibility index (Phi) is 4.58. The predicted octanol–water partition coefficient (Wildman–Crippen LogP) is 2.06. The van der Waals surface area contributed by atoms with Crippen molar-refractivity contribution in [2.75, 3.05) is 13.1 Å². The minimum Gasteiger partial charge on any atom is -0.479 e. The molecule has 0 aromatic carbocycles. The van der Waals surface area contributed by atoms with E-state index in [1.807, 2.05) is 6.92 Å². The zero-order valence-corrected chi connectivity index (χ0v) is 14.4. The maximum absolute atomic E-state index is 12.7. The van der Waals surface area contributed by atoms with Crippen molar-refractivity contribution in [1.82, 2.24) is 9.88 Å². The lowest BCUT2D eigenvalue weighted by Crippen LogP contribution is -2.51. The Balaban J connectivity index is 2.24. The van der Waals surface area contributed by atoms with E-state index in [0.29, 0.717) is 17.1 Å². The second kappa shape index (κ2) is 5.96. The number of carboxylic acid groups (broad SMARTS) is 1. The van der Waals surface area contributed by atoms with Gasteiger partial charge in [-0.1, -0.05) is 20.8 Å². The molecule has 1 fully saturated rings. The van der Waals surface area contributed by atoms with E-state index < -0.39 is 12.1 Å². The van der Waals surface area contributed by atoms with Crippen LogP contribution in [0.4, 0.5) is 0 Å². The van der Waals surface area contributed by atoms with E-state index in [1.165, 1.54) is 11.3 Å². The Bertz CT molecular complexity index is 591. The van der Waals surface area contributed by atoms with Crippen molar-refractivity contribution in [2.45, 2.75) is 52.2 Å². The molecule has 1 aromatic rings. The minimum atomic E-state index is -1.04. The van der Waals surface area contributed by atoms with Crippen LogP contribution in [0.25, 0.3) is 0 Å². The van der Waals surface area contributed by atoms with Crippen LogP contribution in [0.1, 0.15) is 48.1 Å². The zero-order chi connectivity index (χ0) is 16.7. The molecule has 22 heavy (non-hydrogen) atoms. The number of rotatable bonds is 2. The number of carbonyl (C=O) groups is 2. The van der Waals surface area contributed by atoms with Gasteiger partial charge in [-0.2, -0.15) is 0 Å². The first kappa shape index (κ1) is 16.9. The summed E-state index contributed by atoms with van der Waals surface area (Å²) in [7, 11) is 0. The van der Waals surface area contributed by atoms with Gasteiger partial charge < -0.3 is 14.7 Å². The third kappa shape index (κ3) is 3.47. The average Bonchev–Trinajstić information content (AvgIpc) is 2.79. The van der Waals surface area contributed by atoms with E-state index in [-0.39, 0.29) is 24.0 Å². The summed E-state index contributed by atoms with van der Waals surface area (Å²) in [4.78, 5) is 30.5. The molecule has 7 heteroatoms. The molecule has 1 unspecified atom stereocenters. The maximum Gasteiger partial charge on any atom is 0.334 e. The molecule has 0 aliphatic carbocycles. The number of ether oxygens (including phenoxy) is 1. The van der Waals surface area contributed by atoms with Gasteiger partial charge in [-0.05, 0) is 13.8 Å². The van der Waals surface area contributed by atoms with Gasteiger partial charge in [0.15, 0.2) is 6.10 Å². The largest absolute Gasteiger partial charge is 0.479 e. The number of nitrogens with zero attached hydrogens (tertiary/aromatic N) is 2. The number of morpholine rings is 1. The fraction of sp³-hybridized carbons (Fsp3) is 0.667. The summed E-state index contributed by atoms with van der Waals surface area (Å²) in [5.74, 6) is -1.20. The van der Waals surface area contributed by atoms with Crippen molar-refractivity contribution >= 4 is 23.2 Å². The van der Waals surface area contributed by atoms with Crippen LogP contribution in [0.15, 0.2) is 0 Å². The summed E-state index contributed by atoms with van der Waals surface area (Å²) in [6.45, 7) is 10.2. The third-order valence-electron chi connectivity index (χ3n) is 3.46. The third-order valence-corrected chi connectivity index (χ3v) is 5.03. The minimum absolute atomic E-state index is 0.0701. The molecule has 122 valence electrons. The first-order valence-corrected chi connectivity index (χ1v) is 8.06. The molecule has 6 nitrogen and oxygen atoms in total. The van der Waals surface area contributed by atoms with Crippen molar-refractivity contribution in [2.24, 2.45) is 0 Å². The van der Waals surface area contributed by atoms with Crippen LogP contribution in [-0.4, -0.2) is 52.2 Å². The van der Waals surface area contributed by atoms with Crippen LogP contribution in [0.5, 0.6) is 0 Å². The van der Waals surface area contributed by atoms with Crippen molar-refractivity contribution in [1.29, 1.82) is 0 Å². The van der Waals surface area contributed by atoms with Gasteiger partial charge in [0, 0.05) is 12.0 Å². The van der Waals surface area contributed by atoms with Crippen LogP contribution in [0.3, 0.4) is 0 Å². The van der Waals surface area contributed by atoms with Crippen LogP contribution in [-0.2, 0) is 14.9 Å². The molecule has 2 atom stereocenters. The normalized spacial score (nSPS) is 22.7. The summed E-state index contributed by atoms with van der Waals surface area (Å²) >= 11 is 1.39. The van der Waals surface area contributed by atoms with Gasteiger partial charge in [-0.15, -0.1) is 11.3 Å². The van der Waals surface area contributed by atoms with Crippen LogP contribution < -0.4 is 0 Å². The summed E-state index contributed by atoms with van der Waals surface area (Å²) in [6, 6.07) is 0. The molecule has 0 saturated carbocycles. The lowest BCUT2D eigenvalue weighted by molar-refractivity contribution is -0.160. The van der Waals surface area contributed by atoms with Gasteiger partial charge in [0.05, 0.1) is 23.4 Å². The molecule has 1 saturated heterocycles. The molecule has 1 N–H and O–H groups in total. The lowest BCUT2D eigenvalue weighted by Gasteiger charge is -2.34. The number of carboxylic acids is 1. The molecule has 1 amide bonds. The number of aliphatic carboxylic acids is 1. The number of aryl methyl sites for hydroxylation is 1. The fourth-order valence-electron chi connectivity index (χ4n) is 2.31. The molecular formula is C15H22N2O4S. The monoisotopic (exact) mass is 326 g/mol. The SMILES string of the molecule is Cc1nc(C(C)(C)C)sc1C(=O)N1CC(C(=O)O)O[C@H](C)C1. The molecule has 2 rings (SSSR count). The lowest BCUT2D eigenvalue weighted by atomic mass is 9.98. The van der Waals surface area contributed by atoms with E-state index in [1.54, 1.807) is 11.8 Å². The van der Waals surface area contributed by atoms with Crippen LogP contribution >= 0.6 is 11.3 Å². The van der Waals surface area contributed by atoms with E-state index >= 15 is 0 Å². The standard InChI is InChI=1S/C15H22N2O4S/c1-8-6-17(7-10(21-8)13(19)20)12(18)11-9(2)16-14(22-11)15(3,4)5/h8,10H,6-7H2,1-5H3,(H,19,20)/t8-,10?/m1/s1. The van der Waals surface area contributed by atoms with Crippen molar-refractivity contribution in [3.63, 3.8) is 0 Å². The molecule has 1 aliphatic heterocycles. The number of amides is 1. The molecule has 2 heterocycles. The van der Waals surface area contributed by atoms with Gasteiger partial charge in [0.1, 0.15) is 4.88 Å². The number of hydrogen-bond donors (Lipinski definition) is 1. The first-order valence-electron chi connectivity index (χ1n) is 7.25. The van der Waals surface area contributed by atoms with E-state index in [9.17, 15) is 9.59 Å². The Labute approximate surface area is 134 Å². The summed E-state index contributed by atoms with van der Waals surface area (Å²) in [5, 5.41) is 10.0. The predicted molar refractivity (Wildman–Crippen MR) is 83.4 cm³/mol. The molecular weight excluding hydrogens is 304 g/mol. The van der Waals surface area contributed by atoms with E-state index in [4.69, 9.17) is 9.84 Å². The highest BCUT2D eigenvalue weighted by Gasteiger charge is 2.34. The van der Waals surface area contributed by atoms with Crippen molar-refractivity contribution in [3.05, 3.63) is 15.6 Å². The summed E-state index contributed by atoms with van der Waals surface area (Å²) in [5.41, 5.74) is 0.585. The second-order valence-corrected chi connectivity index (χ2v) is 7.67. The van der Waals surface area contributed by atoms with Gasteiger partial charge >= 0.3 is 5.97 Å². The Morgan fingerprint density at radius 2 is 2.00 bits per heavy atom. The number of carbonyl (C=O) groups excluding carboxylic acids is 1. The second-order valence-electron chi connectivity index (χ2n) is 6.67. The highest BCUT2D eigenvalue weighted by atomic mass is 32.1. The van der Waals surface area contributed by atoms with Gasteiger partial charge in [0.25, 0.3) is 5.91 Å². The average molecular weight is 326 g/mol. The first-order chi connectivity index (χ1) is 10.1. The topological polar surface area (TPSA) is 79.7 Å². The Morgan fingerprint density at radius 1 is 1.36 bits per heavy atom. The van der Waals surface area contributed by atoms with Gasteiger partial charge in [-0.3, -0.25) is 4.79 Å². The van der Waals surface area contributed by atoms with E-state index in [2.05, 4.69) is 25.8 Å². The fourth-order valence-corrected chi connectivity index (χ4v) is 3.40.